The minimum absolute atomic E-state index is 0.760. The van der Waals surface area contributed by atoms with Gasteiger partial charge in [0, 0.05) is 25.4 Å². The summed E-state index contributed by atoms with van der Waals surface area (Å²) in [7, 11) is 0. The van der Waals surface area contributed by atoms with E-state index in [1.54, 1.807) is 11.8 Å². The van der Waals surface area contributed by atoms with Crippen LogP contribution in [0.25, 0.3) is 0 Å². The highest BCUT2D eigenvalue weighted by atomic mass is 35.5. The van der Waals surface area contributed by atoms with E-state index in [4.69, 9.17) is 18.0 Å². The van der Waals surface area contributed by atoms with Gasteiger partial charge in [-0.05, 0) is 13.3 Å². The van der Waals surface area contributed by atoms with Crippen LogP contribution in [-0.4, -0.2) is 27.8 Å². The Balaban J connectivity index is 2.46. The maximum Gasteiger partial charge on any atom is 0.0863 e. The van der Waals surface area contributed by atoms with Crippen LogP contribution >= 0.6 is 23.4 Å². The van der Waals surface area contributed by atoms with Crippen molar-refractivity contribution in [1.82, 2.24) is 15.1 Å². The van der Waals surface area contributed by atoms with E-state index in [9.17, 15) is 0 Å². The molecule has 0 aliphatic rings. The smallest absolute Gasteiger partial charge is 0.0863 e. The molecule has 0 amide bonds. The van der Waals surface area contributed by atoms with Crippen molar-refractivity contribution in [3.8, 4) is 12.3 Å². The highest BCUT2D eigenvalue weighted by Gasteiger charge is 2.13. The average Bonchev–Trinajstić information content (AvgIpc) is 2.70. The summed E-state index contributed by atoms with van der Waals surface area (Å²) in [6, 6.07) is 0. The summed E-state index contributed by atoms with van der Waals surface area (Å²) >= 11 is 8.07. The van der Waals surface area contributed by atoms with Crippen LogP contribution in [0.4, 0.5) is 0 Å². The summed E-state index contributed by atoms with van der Waals surface area (Å²) in [5.74, 6) is 4.40. The monoisotopic (exact) mass is 285 g/mol. The Morgan fingerprint density at radius 3 is 2.89 bits per heavy atom. The zero-order valence-electron chi connectivity index (χ0n) is 11.0. The third-order valence-electron chi connectivity index (χ3n) is 2.60. The number of terminal acetylenes is 1. The number of aromatic nitrogens is 2. The summed E-state index contributed by atoms with van der Waals surface area (Å²) < 4.78 is 1.97. The predicted octanol–water partition coefficient (Wildman–Crippen LogP) is 2.57. The van der Waals surface area contributed by atoms with E-state index in [-0.39, 0.29) is 0 Å². The molecule has 1 rings (SSSR count). The number of aryl methyl sites for hydroxylation is 2. The Hall–Kier alpha value is -0.630. The largest absolute Gasteiger partial charge is 0.310 e. The Morgan fingerprint density at radius 2 is 2.28 bits per heavy atom. The van der Waals surface area contributed by atoms with Gasteiger partial charge in [0.1, 0.15) is 0 Å². The van der Waals surface area contributed by atoms with Gasteiger partial charge in [0.05, 0.1) is 22.2 Å². The quantitative estimate of drug-likeness (QED) is 0.588. The molecule has 0 unspecified atom stereocenters. The van der Waals surface area contributed by atoms with Crippen molar-refractivity contribution in [3.05, 3.63) is 16.4 Å². The lowest BCUT2D eigenvalue weighted by Crippen LogP contribution is -2.19. The van der Waals surface area contributed by atoms with Crippen molar-refractivity contribution < 1.29 is 0 Å². The molecule has 0 spiro atoms. The van der Waals surface area contributed by atoms with Crippen LogP contribution in [0, 0.1) is 12.3 Å². The standard InChI is InChI=1S/C13H20ClN3S/c1-4-8-18-9-7-15-10-12-13(14)11(5-2)16-17(12)6-3/h1,15H,5-10H2,2-3H3. The van der Waals surface area contributed by atoms with Crippen LogP contribution in [0.15, 0.2) is 0 Å². The highest BCUT2D eigenvalue weighted by Crippen LogP contribution is 2.21. The molecule has 0 aliphatic carbocycles. The Labute approximate surface area is 119 Å². The lowest BCUT2D eigenvalue weighted by atomic mass is 10.3. The molecule has 1 N–H and O–H groups in total. The number of hydrogen-bond donors (Lipinski definition) is 1. The van der Waals surface area contributed by atoms with E-state index in [2.05, 4.69) is 30.2 Å². The van der Waals surface area contributed by atoms with Crippen molar-refractivity contribution in [2.24, 2.45) is 0 Å². The molecule has 0 fully saturated rings. The van der Waals surface area contributed by atoms with Crippen molar-refractivity contribution >= 4 is 23.4 Å². The first kappa shape index (κ1) is 15.4. The molecule has 1 aromatic heterocycles. The van der Waals surface area contributed by atoms with Gasteiger partial charge in [0.2, 0.25) is 0 Å². The molecule has 3 nitrogen and oxygen atoms in total. The van der Waals surface area contributed by atoms with Crippen molar-refractivity contribution in [1.29, 1.82) is 0 Å². The fraction of sp³-hybridized carbons (Fsp3) is 0.615. The molecule has 0 aromatic carbocycles. The molecule has 1 heterocycles. The average molecular weight is 286 g/mol. The van der Waals surface area contributed by atoms with E-state index in [0.717, 1.165) is 54.0 Å². The Bertz CT molecular complexity index is 409. The zero-order chi connectivity index (χ0) is 13.4. The van der Waals surface area contributed by atoms with E-state index in [1.807, 2.05) is 4.68 Å². The number of hydrogen-bond acceptors (Lipinski definition) is 3. The molecular weight excluding hydrogens is 266 g/mol. The van der Waals surface area contributed by atoms with Crippen LogP contribution in [0.1, 0.15) is 25.2 Å². The van der Waals surface area contributed by atoms with Gasteiger partial charge < -0.3 is 5.32 Å². The third kappa shape index (κ3) is 4.24. The summed E-state index contributed by atoms with van der Waals surface area (Å²) in [6.07, 6.45) is 6.06. The summed E-state index contributed by atoms with van der Waals surface area (Å²) in [4.78, 5) is 0. The molecule has 100 valence electrons. The number of thioether (sulfide) groups is 1. The highest BCUT2D eigenvalue weighted by molar-refractivity contribution is 7.99. The Kier molecular flexibility index (Phi) is 7.26. The lowest BCUT2D eigenvalue weighted by Gasteiger charge is -2.06. The van der Waals surface area contributed by atoms with E-state index in [1.165, 1.54) is 0 Å². The van der Waals surface area contributed by atoms with E-state index < -0.39 is 0 Å². The molecule has 5 heteroatoms. The summed E-state index contributed by atoms with van der Waals surface area (Å²) in [5.41, 5.74) is 2.06. The molecule has 18 heavy (non-hydrogen) atoms. The number of rotatable bonds is 8. The van der Waals surface area contributed by atoms with Gasteiger partial charge in [-0.3, -0.25) is 4.68 Å². The van der Waals surface area contributed by atoms with Gasteiger partial charge in [0.15, 0.2) is 0 Å². The van der Waals surface area contributed by atoms with Gasteiger partial charge >= 0.3 is 0 Å². The number of nitrogens with zero attached hydrogens (tertiary/aromatic N) is 2. The lowest BCUT2D eigenvalue weighted by molar-refractivity contribution is 0.586. The second-order valence-electron chi connectivity index (χ2n) is 3.81. The molecule has 0 atom stereocenters. The van der Waals surface area contributed by atoms with Crippen LogP contribution in [0.5, 0.6) is 0 Å². The van der Waals surface area contributed by atoms with Crippen molar-refractivity contribution in [2.45, 2.75) is 33.4 Å². The van der Waals surface area contributed by atoms with Crippen LogP contribution in [0.3, 0.4) is 0 Å². The topological polar surface area (TPSA) is 29.9 Å². The first-order valence-electron chi connectivity index (χ1n) is 6.20. The molecule has 0 aliphatic heterocycles. The van der Waals surface area contributed by atoms with Crippen LogP contribution in [0.2, 0.25) is 5.02 Å². The molecule has 0 bridgehead atoms. The van der Waals surface area contributed by atoms with Gasteiger partial charge in [-0.1, -0.05) is 24.4 Å². The van der Waals surface area contributed by atoms with Gasteiger partial charge in [0.25, 0.3) is 0 Å². The predicted molar refractivity (Wildman–Crippen MR) is 80.2 cm³/mol. The maximum atomic E-state index is 6.32. The van der Waals surface area contributed by atoms with Gasteiger partial charge in [-0.25, -0.2) is 0 Å². The SMILES string of the molecule is C#CCSCCNCc1c(Cl)c(CC)nn1CC. The molecule has 0 radical (unpaired) electrons. The summed E-state index contributed by atoms with van der Waals surface area (Å²) in [6.45, 7) is 6.69. The summed E-state index contributed by atoms with van der Waals surface area (Å²) in [5, 5.41) is 8.68. The van der Waals surface area contributed by atoms with Crippen molar-refractivity contribution in [2.75, 3.05) is 18.1 Å². The fourth-order valence-corrected chi connectivity index (χ4v) is 2.56. The van der Waals surface area contributed by atoms with Gasteiger partial charge in [-0.2, -0.15) is 5.10 Å². The third-order valence-corrected chi connectivity index (χ3v) is 3.90. The second kappa shape index (κ2) is 8.47. The molecular formula is C13H20ClN3S. The van der Waals surface area contributed by atoms with Crippen LogP contribution in [-0.2, 0) is 19.5 Å². The molecule has 0 saturated heterocycles. The number of halogens is 1. The number of nitrogens with one attached hydrogen (secondary N) is 1. The normalized spacial score (nSPS) is 10.6. The Morgan fingerprint density at radius 1 is 1.50 bits per heavy atom. The van der Waals surface area contributed by atoms with Crippen molar-refractivity contribution in [3.63, 3.8) is 0 Å². The minimum atomic E-state index is 0.760. The van der Waals surface area contributed by atoms with E-state index in [0.29, 0.717) is 0 Å². The molecule has 1 aromatic rings. The molecule has 0 saturated carbocycles. The zero-order valence-corrected chi connectivity index (χ0v) is 12.6. The maximum absolute atomic E-state index is 6.32. The van der Waals surface area contributed by atoms with Gasteiger partial charge in [-0.15, -0.1) is 18.2 Å². The van der Waals surface area contributed by atoms with E-state index >= 15 is 0 Å². The van der Waals surface area contributed by atoms with Crippen LogP contribution < -0.4 is 5.32 Å². The fourth-order valence-electron chi connectivity index (χ4n) is 1.67. The minimum Gasteiger partial charge on any atom is -0.310 e. The first-order chi connectivity index (χ1) is 8.74. The second-order valence-corrected chi connectivity index (χ2v) is 5.29. The first-order valence-corrected chi connectivity index (χ1v) is 7.73.